The van der Waals surface area contributed by atoms with Crippen LogP contribution in [0.15, 0.2) is 0 Å². The maximum Gasteiger partial charge on any atom is 0.323 e. The lowest BCUT2D eigenvalue weighted by Gasteiger charge is -2.39. The molecule has 0 spiro atoms. The van der Waals surface area contributed by atoms with Crippen molar-refractivity contribution in [1.29, 1.82) is 0 Å². The van der Waals surface area contributed by atoms with Gasteiger partial charge in [0.05, 0.1) is 0 Å². The fourth-order valence-corrected chi connectivity index (χ4v) is 3.23. The number of nitrogens with zero attached hydrogens (tertiary/aromatic N) is 1. The van der Waals surface area contributed by atoms with Crippen LogP contribution in [0.25, 0.3) is 0 Å². The molecule has 0 aliphatic heterocycles. The van der Waals surface area contributed by atoms with Gasteiger partial charge >= 0.3 is 5.97 Å². The summed E-state index contributed by atoms with van der Waals surface area (Å²) >= 11 is 0. The average Bonchev–Trinajstić information content (AvgIpc) is 2.70. The average molecular weight is 284 g/mol. The number of hydrogen-bond donors (Lipinski definition) is 2. The molecule has 0 heterocycles. The van der Waals surface area contributed by atoms with E-state index in [-0.39, 0.29) is 11.5 Å². The van der Waals surface area contributed by atoms with E-state index in [0.29, 0.717) is 24.9 Å². The molecule has 0 aromatic rings. The van der Waals surface area contributed by atoms with Gasteiger partial charge < -0.3 is 10.0 Å². The highest BCUT2D eigenvalue weighted by molar-refractivity contribution is 5.79. The Hall–Kier alpha value is -0.610. The fraction of sp³-hybridized carbons (Fsp3) is 0.938. The summed E-state index contributed by atoms with van der Waals surface area (Å²) in [7, 11) is 2.13. The number of aliphatic carboxylic acids is 1. The monoisotopic (exact) mass is 284 g/mol. The van der Waals surface area contributed by atoms with Crippen molar-refractivity contribution in [3.8, 4) is 0 Å². The lowest BCUT2D eigenvalue weighted by atomic mass is 9.86. The highest BCUT2D eigenvalue weighted by Gasteiger charge is 2.47. The normalized spacial score (nSPS) is 29.1. The number of nitrogens with one attached hydrogen (secondary N) is 1. The van der Waals surface area contributed by atoms with Gasteiger partial charge in [-0.05, 0) is 52.5 Å². The summed E-state index contributed by atoms with van der Waals surface area (Å²) in [5, 5.41) is 12.9. The molecule has 0 amide bonds. The molecule has 3 atom stereocenters. The van der Waals surface area contributed by atoms with Crippen LogP contribution in [0.1, 0.15) is 60.8 Å². The lowest BCUT2D eigenvalue weighted by molar-refractivity contribution is -0.145. The summed E-state index contributed by atoms with van der Waals surface area (Å²) in [6.07, 6.45) is 2.35. The molecule has 0 saturated heterocycles. The zero-order valence-electron chi connectivity index (χ0n) is 14.2. The van der Waals surface area contributed by atoms with Crippen LogP contribution in [0.4, 0.5) is 0 Å². The first kappa shape index (κ1) is 17.4. The van der Waals surface area contributed by atoms with Crippen LogP contribution in [0.3, 0.4) is 0 Å². The predicted molar refractivity (Wildman–Crippen MR) is 83.0 cm³/mol. The van der Waals surface area contributed by atoms with E-state index in [2.05, 4.69) is 45.0 Å². The molecule has 1 saturated carbocycles. The van der Waals surface area contributed by atoms with Crippen molar-refractivity contribution < 1.29 is 9.90 Å². The molecule has 4 nitrogen and oxygen atoms in total. The van der Waals surface area contributed by atoms with Crippen molar-refractivity contribution in [3.63, 3.8) is 0 Å². The van der Waals surface area contributed by atoms with E-state index in [1.807, 2.05) is 13.8 Å². The Labute approximate surface area is 123 Å². The summed E-state index contributed by atoms with van der Waals surface area (Å²) in [6.45, 7) is 13.0. The quantitative estimate of drug-likeness (QED) is 0.815. The van der Waals surface area contributed by atoms with E-state index in [1.165, 1.54) is 0 Å². The second-order valence-corrected chi connectivity index (χ2v) is 7.79. The van der Waals surface area contributed by atoms with Crippen LogP contribution in [-0.4, -0.2) is 46.7 Å². The molecule has 1 fully saturated rings. The first-order chi connectivity index (χ1) is 8.99. The van der Waals surface area contributed by atoms with Gasteiger partial charge in [-0.15, -0.1) is 0 Å². The topological polar surface area (TPSA) is 52.6 Å². The molecule has 118 valence electrons. The number of hydrogen-bond acceptors (Lipinski definition) is 3. The molecule has 1 aliphatic carbocycles. The SMILES string of the molecule is CC(C)NC1(C(=O)O)CCC(N(C)C(C)C(C)(C)C)C1. The molecular formula is C16H32N2O2. The molecule has 1 aliphatic rings. The molecule has 1 rings (SSSR count). The highest BCUT2D eigenvalue weighted by atomic mass is 16.4. The zero-order chi connectivity index (χ0) is 15.7. The van der Waals surface area contributed by atoms with Gasteiger partial charge in [-0.1, -0.05) is 20.8 Å². The van der Waals surface area contributed by atoms with Gasteiger partial charge in [-0.2, -0.15) is 0 Å². The molecule has 0 bridgehead atoms. The largest absolute Gasteiger partial charge is 0.480 e. The minimum absolute atomic E-state index is 0.190. The van der Waals surface area contributed by atoms with Gasteiger partial charge in [-0.3, -0.25) is 10.1 Å². The smallest absolute Gasteiger partial charge is 0.323 e. The van der Waals surface area contributed by atoms with Crippen LogP contribution in [0, 0.1) is 5.41 Å². The van der Waals surface area contributed by atoms with Crippen LogP contribution in [-0.2, 0) is 4.79 Å². The second kappa shape index (κ2) is 6.02. The Morgan fingerprint density at radius 2 is 1.90 bits per heavy atom. The van der Waals surface area contributed by atoms with E-state index in [9.17, 15) is 9.90 Å². The van der Waals surface area contributed by atoms with E-state index in [1.54, 1.807) is 0 Å². The first-order valence-electron chi connectivity index (χ1n) is 7.72. The van der Waals surface area contributed by atoms with Crippen LogP contribution in [0.5, 0.6) is 0 Å². The van der Waals surface area contributed by atoms with Crippen LogP contribution in [0.2, 0.25) is 0 Å². The summed E-state index contributed by atoms with van der Waals surface area (Å²) in [5.41, 5.74) is -0.542. The van der Waals surface area contributed by atoms with Gasteiger partial charge in [-0.25, -0.2) is 0 Å². The third kappa shape index (κ3) is 3.73. The van der Waals surface area contributed by atoms with Gasteiger partial charge in [0, 0.05) is 18.1 Å². The lowest BCUT2D eigenvalue weighted by Crippen LogP contribution is -2.54. The van der Waals surface area contributed by atoms with E-state index in [4.69, 9.17) is 0 Å². The van der Waals surface area contributed by atoms with Crippen LogP contribution < -0.4 is 5.32 Å². The number of carboxylic acids is 1. The van der Waals surface area contributed by atoms with Crippen molar-refractivity contribution in [2.45, 2.75) is 84.5 Å². The Kier molecular flexibility index (Phi) is 5.25. The maximum absolute atomic E-state index is 11.7. The van der Waals surface area contributed by atoms with E-state index >= 15 is 0 Å². The summed E-state index contributed by atoms with van der Waals surface area (Å²) in [6, 6.07) is 0.956. The molecule has 0 aromatic heterocycles. The third-order valence-corrected chi connectivity index (χ3v) is 4.90. The van der Waals surface area contributed by atoms with Crippen molar-refractivity contribution in [1.82, 2.24) is 10.2 Å². The fourth-order valence-electron chi connectivity index (χ4n) is 3.23. The number of carboxylic acid groups (broad SMARTS) is 1. The molecular weight excluding hydrogens is 252 g/mol. The number of carbonyl (C=O) groups is 1. The zero-order valence-corrected chi connectivity index (χ0v) is 14.2. The minimum Gasteiger partial charge on any atom is -0.480 e. The summed E-state index contributed by atoms with van der Waals surface area (Å²) < 4.78 is 0. The Morgan fingerprint density at radius 3 is 2.30 bits per heavy atom. The molecule has 2 N–H and O–H groups in total. The molecule has 3 unspecified atom stereocenters. The Balaban J connectivity index is 2.81. The summed E-state index contributed by atoms with van der Waals surface area (Å²) in [4.78, 5) is 14.1. The van der Waals surface area contributed by atoms with Crippen molar-refractivity contribution in [3.05, 3.63) is 0 Å². The van der Waals surface area contributed by atoms with Gasteiger partial charge in [0.15, 0.2) is 0 Å². The Morgan fingerprint density at radius 1 is 1.35 bits per heavy atom. The summed E-state index contributed by atoms with van der Waals surface area (Å²) in [5.74, 6) is -0.703. The van der Waals surface area contributed by atoms with Crippen molar-refractivity contribution in [2.24, 2.45) is 5.41 Å². The maximum atomic E-state index is 11.7. The minimum atomic E-state index is -0.745. The molecule has 20 heavy (non-hydrogen) atoms. The predicted octanol–water partition coefficient (Wildman–Crippen LogP) is 2.73. The molecule has 0 aromatic carbocycles. The van der Waals surface area contributed by atoms with Gasteiger partial charge in [0.25, 0.3) is 0 Å². The first-order valence-corrected chi connectivity index (χ1v) is 7.72. The van der Waals surface area contributed by atoms with Crippen LogP contribution >= 0.6 is 0 Å². The van der Waals surface area contributed by atoms with E-state index in [0.717, 1.165) is 6.42 Å². The van der Waals surface area contributed by atoms with Crippen molar-refractivity contribution >= 4 is 5.97 Å². The number of rotatable bonds is 5. The second-order valence-electron chi connectivity index (χ2n) is 7.79. The van der Waals surface area contributed by atoms with Gasteiger partial charge in [0.2, 0.25) is 0 Å². The van der Waals surface area contributed by atoms with Gasteiger partial charge in [0.1, 0.15) is 5.54 Å². The molecule has 0 radical (unpaired) electrons. The Bertz CT molecular complexity index is 349. The third-order valence-electron chi connectivity index (χ3n) is 4.90. The molecule has 4 heteroatoms. The van der Waals surface area contributed by atoms with E-state index < -0.39 is 11.5 Å². The highest BCUT2D eigenvalue weighted by Crippen LogP contribution is 2.36. The van der Waals surface area contributed by atoms with Crippen molar-refractivity contribution in [2.75, 3.05) is 7.05 Å². The standard InChI is InChI=1S/C16H32N2O2/c1-11(2)17-16(14(19)20)9-8-13(10-16)18(7)12(3)15(4,5)6/h11-13,17H,8-10H2,1-7H3,(H,19,20).